The van der Waals surface area contributed by atoms with Gasteiger partial charge in [-0.1, -0.05) is 18.6 Å². The van der Waals surface area contributed by atoms with E-state index in [1.54, 1.807) is 7.11 Å². The van der Waals surface area contributed by atoms with Gasteiger partial charge in [0.1, 0.15) is 0 Å². The lowest BCUT2D eigenvalue weighted by Gasteiger charge is -2.26. The highest BCUT2D eigenvalue weighted by molar-refractivity contribution is 5.86. The topological polar surface area (TPSA) is 52.9 Å². The van der Waals surface area contributed by atoms with E-state index in [0.29, 0.717) is 34.9 Å². The molecule has 1 aliphatic rings. The summed E-state index contributed by atoms with van der Waals surface area (Å²) < 4.78 is 19.2. The Balaban J connectivity index is 1.58. The van der Waals surface area contributed by atoms with Gasteiger partial charge in [-0.15, -0.1) is 0 Å². The highest BCUT2D eigenvalue weighted by atomic mass is 16.5. The van der Waals surface area contributed by atoms with Gasteiger partial charge < -0.3 is 23.7 Å². The molecule has 2 aromatic carbocycles. The largest absolute Gasteiger partial charge is 0.493 e. The van der Waals surface area contributed by atoms with Crippen molar-refractivity contribution in [3.8, 4) is 28.5 Å². The fourth-order valence-corrected chi connectivity index (χ4v) is 4.56. The van der Waals surface area contributed by atoms with Gasteiger partial charge in [-0.2, -0.15) is 0 Å². The molecule has 32 heavy (non-hydrogen) atoms. The van der Waals surface area contributed by atoms with Crippen LogP contribution in [0.25, 0.3) is 22.2 Å². The summed E-state index contributed by atoms with van der Waals surface area (Å²) in [5.74, 6) is 1.67. The summed E-state index contributed by atoms with van der Waals surface area (Å²) in [7, 11) is 5.11. The van der Waals surface area contributed by atoms with Gasteiger partial charge in [-0.3, -0.25) is 4.79 Å². The molecule has 3 aromatic rings. The Bertz CT molecular complexity index is 1130. The lowest BCUT2D eigenvalue weighted by molar-refractivity contribution is 0.203. The van der Waals surface area contributed by atoms with Crippen molar-refractivity contribution in [3.05, 3.63) is 52.7 Å². The zero-order chi connectivity index (χ0) is 22.5. The molecule has 1 aromatic heterocycles. The van der Waals surface area contributed by atoms with Crippen molar-refractivity contribution in [2.75, 3.05) is 40.5 Å². The van der Waals surface area contributed by atoms with Crippen LogP contribution in [0.15, 0.2) is 47.3 Å². The van der Waals surface area contributed by atoms with Gasteiger partial charge in [-0.05, 0) is 62.7 Å². The molecule has 2 heterocycles. The van der Waals surface area contributed by atoms with Crippen LogP contribution < -0.4 is 19.6 Å². The number of fused-ring (bicyclic) bond motifs is 1. The van der Waals surface area contributed by atoms with Crippen LogP contribution in [0, 0.1) is 0 Å². The average molecular weight is 437 g/mol. The molecule has 4 rings (SSSR count). The zero-order valence-corrected chi connectivity index (χ0v) is 19.2. The molecule has 0 saturated carbocycles. The fraction of sp³-hybridized carbons (Fsp3) is 0.423. The minimum absolute atomic E-state index is 0.117. The molecule has 0 spiro atoms. The third-order valence-electron chi connectivity index (χ3n) is 6.23. The SMILES string of the molecule is COc1cc(-c2c(OC)c(=O)c3ccccc3n2C)ccc1OCCCN1CCCCC1. The second-order valence-electron chi connectivity index (χ2n) is 8.26. The number of hydrogen-bond acceptors (Lipinski definition) is 5. The smallest absolute Gasteiger partial charge is 0.231 e. The Morgan fingerprint density at radius 3 is 2.47 bits per heavy atom. The minimum atomic E-state index is -0.117. The fourth-order valence-electron chi connectivity index (χ4n) is 4.56. The number of piperidine rings is 1. The average Bonchev–Trinajstić information content (AvgIpc) is 2.84. The summed E-state index contributed by atoms with van der Waals surface area (Å²) in [5.41, 5.74) is 2.29. The number of para-hydroxylation sites is 1. The van der Waals surface area contributed by atoms with E-state index in [4.69, 9.17) is 14.2 Å². The van der Waals surface area contributed by atoms with Crippen LogP contribution in [0.4, 0.5) is 0 Å². The van der Waals surface area contributed by atoms with Crippen molar-refractivity contribution in [3.63, 3.8) is 0 Å². The maximum atomic E-state index is 13.0. The molecule has 0 atom stereocenters. The molecule has 6 heteroatoms. The molecule has 0 radical (unpaired) electrons. The number of likely N-dealkylation sites (tertiary alicyclic amines) is 1. The highest BCUT2D eigenvalue weighted by Gasteiger charge is 2.19. The third kappa shape index (κ3) is 4.46. The van der Waals surface area contributed by atoms with Crippen LogP contribution in [0.1, 0.15) is 25.7 Å². The van der Waals surface area contributed by atoms with Crippen molar-refractivity contribution in [1.29, 1.82) is 0 Å². The molecule has 0 amide bonds. The van der Waals surface area contributed by atoms with Crippen LogP contribution in [0.5, 0.6) is 17.2 Å². The lowest BCUT2D eigenvalue weighted by Crippen LogP contribution is -2.31. The Morgan fingerprint density at radius 1 is 0.938 bits per heavy atom. The Hall–Kier alpha value is -2.99. The number of nitrogens with zero attached hydrogens (tertiary/aromatic N) is 2. The second kappa shape index (κ2) is 10.1. The number of benzene rings is 2. The molecule has 6 nitrogen and oxygen atoms in total. The molecule has 170 valence electrons. The van der Waals surface area contributed by atoms with E-state index >= 15 is 0 Å². The predicted molar refractivity (Wildman–Crippen MR) is 128 cm³/mol. The van der Waals surface area contributed by atoms with E-state index in [-0.39, 0.29) is 5.43 Å². The van der Waals surface area contributed by atoms with Gasteiger partial charge in [-0.25, -0.2) is 0 Å². The number of rotatable bonds is 8. The lowest BCUT2D eigenvalue weighted by atomic mass is 10.1. The first kappa shape index (κ1) is 22.2. The molecule has 1 fully saturated rings. The number of hydrogen-bond donors (Lipinski definition) is 0. The van der Waals surface area contributed by atoms with Crippen molar-refractivity contribution < 1.29 is 14.2 Å². The Kier molecular flexibility index (Phi) is 7.00. The van der Waals surface area contributed by atoms with E-state index in [9.17, 15) is 4.79 Å². The molecule has 0 N–H and O–H groups in total. The summed E-state index contributed by atoms with van der Waals surface area (Å²) in [4.78, 5) is 15.5. The van der Waals surface area contributed by atoms with Crippen LogP contribution >= 0.6 is 0 Å². The summed E-state index contributed by atoms with van der Waals surface area (Å²) in [6, 6.07) is 13.3. The van der Waals surface area contributed by atoms with Crippen molar-refractivity contribution in [2.24, 2.45) is 7.05 Å². The minimum Gasteiger partial charge on any atom is -0.493 e. The third-order valence-corrected chi connectivity index (χ3v) is 6.23. The van der Waals surface area contributed by atoms with E-state index in [2.05, 4.69) is 4.90 Å². The van der Waals surface area contributed by atoms with Gasteiger partial charge in [0.05, 0.1) is 32.0 Å². The zero-order valence-electron chi connectivity index (χ0n) is 19.2. The predicted octanol–water partition coefficient (Wildman–Crippen LogP) is 4.48. The molecular formula is C26H32N2O4. The summed E-state index contributed by atoms with van der Waals surface area (Å²) in [6.07, 6.45) is 4.94. The monoisotopic (exact) mass is 436 g/mol. The van der Waals surface area contributed by atoms with Crippen LogP contribution in [0.2, 0.25) is 0 Å². The molecule has 0 unspecified atom stereocenters. The molecule has 0 bridgehead atoms. The normalized spacial score (nSPS) is 14.5. The number of aromatic nitrogens is 1. The maximum absolute atomic E-state index is 13.0. The van der Waals surface area contributed by atoms with E-state index < -0.39 is 0 Å². The molecule has 0 aliphatic carbocycles. The van der Waals surface area contributed by atoms with Gasteiger partial charge in [0.25, 0.3) is 0 Å². The van der Waals surface area contributed by atoms with Crippen molar-refractivity contribution in [1.82, 2.24) is 9.47 Å². The first-order valence-electron chi connectivity index (χ1n) is 11.3. The van der Waals surface area contributed by atoms with Crippen LogP contribution in [0.3, 0.4) is 0 Å². The van der Waals surface area contributed by atoms with Gasteiger partial charge >= 0.3 is 0 Å². The Labute approximate surface area is 189 Å². The number of aryl methyl sites for hydroxylation is 1. The summed E-state index contributed by atoms with van der Waals surface area (Å²) in [5, 5.41) is 0.635. The van der Waals surface area contributed by atoms with Crippen LogP contribution in [-0.4, -0.2) is 49.9 Å². The first-order chi connectivity index (χ1) is 15.6. The molecule has 1 saturated heterocycles. The second-order valence-corrected chi connectivity index (χ2v) is 8.26. The van der Waals surface area contributed by atoms with Gasteiger partial charge in [0.2, 0.25) is 5.43 Å². The molecular weight excluding hydrogens is 404 g/mol. The van der Waals surface area contributed by atoms with Crippen molar-refractivity contribution in [2.45, 2.75) is 25.7 Å². The van der Waals surface area contributed by atoms with Crippen LogP contribution in [-0.2, 0) is 7.05 Å². The van der Waals surface area contributed by atoms with Gasteiger partial charge in [0, 0.05) is 24.5 Å². The standard InChI is InChI=1S/C26H32N2O4/c1-27-21-11-6-5-10-20(21)25(29)26(31-3)24(27)19-12-13-22(23(18-19)30-2)32-17-9-16-28-14-7-4-8-15-28/h5-6,10-13,18H,4,7-9,14-17H2,1-3H3. The highest BCUT2D eigenvalue weighted by Crippen LogP contribution is 2.36. The summed E-state index contributed by atoms with van der Waals surface area (Å²) >= 11 is 0. The summed E-state index contributed by atoms with van der Waals surface area (Å²) in [6.45, 7) is 4.11. The quantitative estimate of drug-likeness (QED) is 0.488. The molecule has 1 aliphatic heterocycles. The van der Waals surface area contributed by atoms with E-state index in [0.717, 1.165) is 24.0 Å². The number of pyridine rings is 1. The Morgan fingerprint density at radius 2 is 1.72 bits per heavy atom. The number of methoxy groups -OCH3 is 2. The first-order valence-corrected chi connectivity index (χ1v) is 11.3. The van der Waals surface area contributed by atoms with E-state index in [1.807, 2.05) is 54.1 Å². The van der Waals surface area contributed by atoms with E-state index in [1.165, 1.54) is 39.5 Å². The van der Waals surface area contributed by atoms with Crippen molar-refractivity contribution >= 4 is 10.9 Å². The number of ether oxygens (including phenoxy) is 3. The maximum Gasteiger partial charge on any atom is 0.231 e. The van der Waals surface area contributed by atoms with Gasteiger partial charge in [0.15, 0.2) is 17.2 Å².